The van der Waals surface area contributed by atoms with Gasteiger partial charge in [-0.05, 0) is 61.7 Å². The zero-order valence-corrected chi connectivity index (χ0v) is 14.8. The molecular formula is C20H23ClN2O. The van der Waals surface area contributed by atoms with Gasteiger partial charge in [0.1, 0.15) is 0 Å². The summed E-state index contributed by atoms with van der Waals surface area (Å²) in [6.07, 6.45) is 4.68. The van der Waals surface area contributed by atoms with Crippen LogP contribution in [-0.2, 0) is 0 Å². The van der Waals surface area contributed by atoms with Crippen LogP contribution in [0.15, 0.2) is 42.5 Å². The second-order valence-electron chi connectivity index (χ2n) is 6.37. The van der Waals surface area contributed by atoms with Crippen molar-refractivity contribution < 1.29 is 4.79 Å². The van der Waals surface area contributed by atoms with Crippen LogP contribution in [0.4, 0.5) is 11.4 Å². The minimum absolute atomic E-state index is 0.148. The molecule has 1 heterocycles. The Morgan fingerprint density at radius 2 is 1.79 bits per heavy atom. The summed E-state index contributed by atoms with van der Waals surface area (Å²) in [5, 5.41) is 4.06. The van der Waals surface area contributed by atoms with Gasteiger partial charge in [-0.15, -0.1) is 0 Å². The zero-order valence-electron chi connectivity index (χ0n) is 14.0. The first kappa shape index (κ1) is 16.8. The number of likely N-dealkylation sites (tertiary alicyclic amines) is 1. The minimum atomic E-state index is 0.148. The number of halogens is 1. The van der Waals surface area contributed by atoms with Gasteiger partial charge in [0.15, 0.2) is 0 Å². The summed E-state index contributed by atoms with van der Waals surface area (Å²) in [7, 11) is 0. The molecule has 1 amide bonds. The Labute approximate surface area is 148 Å². The number of hydrogen-bond donors (Lipinski definition) is 1. The molecule has 4 heteroatoms. The number of carbonyl (C=O) groups is 1. The Kier molecular flexibility index (Phi) is 5.41. The molecule has 1 fully saturated rings. The van der Waals surface area contributed by atoms with E-state index in [-0.39, 0.29) is 5.91 Å². The van der Waals surface area contributed by atoms with Gasteiger partial charge in [-0.25, -0.2) is 0 Å². The summed E-state index contributed by atoms with van der Waals surface area (Å²) in [5.41, 5.74) is 3.75. The summed E-state index contributed by atoms with van der Waals surface area (Å²) < 4.78 is 0. The number of nitrogens with one attached hydrogen (secondary N) is 1. The molecule has 2 aromatic carbocycles. The van der Waals surface area contributed by atoms with Gasteiger partial charge in [0.25, 0.3) is 5.91 Å². The molecule has 0 unspecified atom stereocenters. The Morgan fingerprint density at radius 3 is 2.46 bits per heavy atom. The molecule has 0 radical (unpaired) electrons. The predicted octanol–water partition coefficient (Wildman–Crippen LogP) is 5.41. The molecule has 1 N–H and O–H groups in total. The van der Waals surface area contributed by atoms with E-state index >= 15 is 0 Å². The molecule has 0 bridgehead atoms. The van der Waals surface area contributed by atoms with Crippen LogP contribution in [0.2, 0.25) is 5.02 Å². The smallest absolute Gasteiger partial charge is 0.253 e. The molecule has 3 nitrogen and oxygen atoms in total. The lowest BCUT2D eigenvalue weighted by Gasteiger charge is -2.21. The molecule has 0 aromatic heterocycles. The van der Waals surface area contributed by atoms with E-state index in [0.29, 0.717) is 5.02 Å². The molecule has 2 aromatic rings. The van der Waals surface area contributed by atoms with Crippen LogP contribution in [0, 0.1) is 6.92 Å². The first-order chi connectivity index (χ1) is 11.6. The Bertz CT molecular complexity index is 721. The van der Waals surface area contributed by atoms with E-state index in [1.165, 1.54) is 12.8 Å². The van der Waals surface area contributed by atoms with Gasteiger partial charge in [-0.2, -0.15) is 0 Å². The maximum atomic E-state index is 12.7. The monoisotopic (exact) mass is 342 g/mol. The van der Waals surface area contributed by atoms with Crippen molar-refractivity contribution in [1.29, 1.82) is 0 Å². The lowest BCUT2D eigenvalue weighted by Crippen LogP contribution is -2.31. The standard InChI is InChI=1S/C20H23ClN2O/c1-15-13-16(20(24)23-11-4-2-3-5-12-23)9-10-19(15)22-18-8-6-7-17(21)14-18/h6-10,13-14,22H,2-5,11-12H2,1H3. The van der Waals surface area contributed by atoms with Gasteiger partial charge in [0.05, 0.1) is 0 Å². The second kappa shape index (κ2) is 7.71. The molecule has 1 aliphatic heterocycles. The third-order valence-corrected chi connectivity index (χ3v) is 4.71. The van der Waals surface area contributed by atoms with E-state index in [1.807, 2.05) is 54.3 Å². The Balaban J connectivity index is 1.75. The van der Waals surface area contributed by atoms with Gasteiger partial charge < -0.3 is 10.2 Å². The molecule has 0 aliphatic carbocycles. The summed E-state index contributed by atoms with van der Waals surface area (Å²) in [6.45, 7) is 3.77. The van der Waals surface area contributed by atoms with Crippen molar-refractivity contribution in [1.82, 2.24) is 4.90 Å². The van der Waals surface area contributed by atoms with Gasteiger partial charge in [-0.3, -0.25) is 4.79 Å². The molecular weight excluding hydrogens is 320 g/mol. The van der Waals surface area contributed by atoms with Crippen LogP contribution in [0.5, 0.6) is 0 Å². The van der Waals surface area contributed by atoms with Crippen LogP contribution in [-0.4, -0.2) is 23.9 Å². The van der Waals surface area contributed by atoms with Gasteiger partial charge >= 0.3 is 0 Å². The SMILES string of the molecule is Cc1cc(C(=O)N2CCCCCC2)ccc1Nc1cccc(Cl)c1. The second-order valence-corrected chi connectivity index (χ2v) is 6.81. The molecule has 24 heavy (non-hydrogen) atoms. The maximum absolute atomic E-state index is 12.7. The van der Waals surface area contributed by atoms with Crippen molar-refractivity contribution in [2.24, 2.45) is 0 Å². The zero-order chi connectivity index (χ0) is 16.9. The van der Waals surface area contributed by atoms with Crippen LogP contribution >= 0.6 is 11.6 Å². The number of hydrogen-bond acceptors (Lipinski definition) is 2. The number of rotatable bonds is 3. The number of carbonyl (C=O) groups excluding carboxylic acids is 1. The molecule has 0 saturated carbocycles. The highest BCUT2D eigenvalue weighted by molar-refractivity contribution is 6.30. The van der Waals surface area contributed by atoms with Crippen molar-refractivity contribution in [2.75, 3.05) is 18.4 Å². The van der Waals surface area contributed by atoms with E-state index in [9.17, 15) is 4.79 Å². The van der Waals surface area contributed by atoms with Gasteiger partial charge in [-0.1, -0.05) is 30.5 Å². The highest BCUT2D eigenvalue weighted by Gasteiger charge is 2.17. The number of nitrogens with zero attached hydrogens (tertiary/aromatic N) is 1. The quantitative estimate of drug-likeness (QED) is 0.809. The van der Waals surface area contributed by atoms with Crippen molar-refractivity contribution in [3.63, 3.8) is 0 Å². The van der Waals surface area contributed by atoms with Crippen LogP contribution < -0.4 is 5.32 Å². The molecule has 126 valence electrons. The predicted molar refractivity (Wildman–Crippen MR) is 100 cm³/mol. The summed E-state index contributed by atoms with van der Waals surface area (Å²) in [6, 6.07) is 13.5. The summed E-state index contributed by atoms with van der Waals surface area (Å²) in [5.74, 6) is 0.148. The molecule has 3 rings (SSSR count). The van der Waals surface area contributed by atoms with Crippen molar-refractivity contribution in [3.05, 3.63) is 58.6 Å². The van der Waals surface area contributed by atoms with E-state index in [2.05, 4.69) is 5.32 Å². The fourth-order valence-corrected chi connectivity index (χ4v) is 3.31. The first-order valence-corrected chi connectivity index (χ1v) is 8.94. The van der Waals surface area contributed by atoms with E-state index in [4.69, 9.17) is 11.6 Å². The van der Waals surface area contributed by atoms with Gasteiger partial charge in [0.2, 0.25) is 0 Å². The first-order valence-electron chi connectivity index (χ1n) is 8.56. The van der Waals surface area contributed by atoms with Crippen molar-refractivity contribution >= 4 is 28.9 Å². The van der Waals surface area contributed by atoms with Crippen LogP contribution in [0.3, 0.4) is 0 Å². The van der Waals surface area contributed by atoms with Gasteiger partial charge in [0, 0.05) is 35.1 Å². The lowest BCUT2D eigenvalue weighted by atomic mass is 10.1. The van der Waals surface area contributed by atoms with E-state index in [0.717, 1.165) is 48.4 Å². The molecule has 1 saturated heterocycles. The molecule has 1 aliphatic rings. The number of aryl methyl sites for hydroxylation is 1. The topological polar surface area (TPSA) is 32.3 Å². The Hall–Kier alpha value is -2.00. The number of amides is 1. The lowest BCUT2D eigenvalue weighted by molar-refractivity contribution is 0.0761. The summed E-state index contributed by atoms with van der Waals surface area (Å²) in [4.78, 5) is 14.7. The van der Waals surface area contributed by atoms with E-state index in [1.54, 1.807) is 0 Å². The van der Waals surface area contributed by atoms with Crippen molar-refractivity contribution in [2.45, 2.75) is 32.6 Å². The number of benzene rings is 2. The van der Waals surface area contributed by atoms with Crippen LogP contribution in [0.1, 0.15) is 41.6 Å². The van der Waals surface area contributed by atoms with Crippen molar-refractivity contribution in [3.8, 4) is 0 Å². The van der Waals surface area contributed by atoms with Crippen LogP contribution in [0.25, 0.3) is 0 Å². The third kappa shape index (κ3) is 4.09. The maximum Gasteiger partial charge on any atom is 0.253 e. The molecule has 0 atom stereocenters. The average Bonchev–Trinajstić information content (AvgIpc) is 2.85. The summed E-state index contributed by atoms with van der Waals surface area (Å²) >= 11 is 6.03. The fraction of sp³-hybridized carbons (Fsp3) is 0.350. The third-order valence-electron chi connectivity index (χ3n) is 4.47. The minimum Gasteiger partial charge on any atom is -0.355 e. The highest BCUT2D eigenvalue weighted by Crippen LogP contribution is 2.24. The average molecular weight is 343 g/mol. The number of anilines is 2. The normalized spacial score (nSPS) is 15.0. The Morgan fingerprint density at radius 1 is 1.04 bits per heavy atom. The largest absolute Gasteiger partial charge is 0.355 e. The fourth-order valence-electron chi connectivity index (χ4n) is 3.12. The highest BCUT2D eigenvalue weighted by atomic mass is 35.5. The van der Waals surface area contributed by atoms with E-state index < -0.39 is 0 Å². The molecule has 0 spiro atoms.